The van der Waals surface area contributed by atoms with Gasteiger partial charge < -0.3 is 9.80 Å². The van der Waals surface area contributed by atoms with Crippen molar-refractivity contribution in [3.8, 4) is 55.6 Å². The lowest BCUT2D eigenvalue weighted by Crippen LogP contribution is -2.10. The van der Waals surface area contributed by atoms with Crippen LogP contribution in [0, 0.1) is 0 Å². The van der Waals surface area contributed by atoms with Gasteiger partial charge in [0.1, 0.15) is 4.83 Å². The van der Waals surface area contributed by atoms with E-state index in [1.807, 2.05) is 46.4 Å². The zero-order valence-electron chi connectivity index (χ0n) is 50.4. The second kappa shape index (κ2) is 22.3. The van der Waals surface area contributed by atoms with Gasteiger partial charge in [-0.15, -0.1) is 45.3 Å². The van der Waals surface area contributed by atoms with Gasteiger partial charge in [-0.3, -0.25) is 4.98 Å². The molecule has 0 radical (unpaired) electrons. The number of fused-ring (bicyclic) bond motifs is 13. The van der Waals surface area contributed by atoms with Crippen LogP contribution >= 0.6 is 45.3 Å². The monoisotopic (exact) mass is 1270 g/mol. The van der Waals surface area contributed by atoms with Crippen molar-refractivity contribution in [1.82, 2.24) is 9.97 Å². The summed E-state index contributed by atoms with van der Waals surface area (Å²) in [6.45, 7) is 0. The maximum absolute atomic E-state index is 4.95. The van der Waals surface area contributed by atoms with Gasteiger partial charge in [-0.1, -0.05) is 194 Å². The predicted molar refractivity (Wildman–Crippen MR) is 408 cm³/mol. The van der Waals surface area contributed by atoms with Crippen molar-refractivity contribution in [1.29, 1.82) is 0 Å². The SMILES string of the molecule is c1ccc(-c2ccc(N(c3ccc(-c4ccnc5c4sc4ccccc45)cc3)c3cccc4c3sc3ccc(-c5ccc(-c6ccc(N(c7ccc(-c8cnc9sc%10ccccc%10c9c8)cc7)c7cccc8sc9ccccc9c78)cc6)c6ccccc56)cc34)cc2)cc1. The summed E-state index contributed by atoms with van der Waals surface area (Å²) in [6, 6.07) is 112. The van der Waals surface area contributed by atoms with Crippen LogP contribution in [-0.2, 0) is 0 Å². The first-order chi connectivity index (χ1) is 46.6. The van der Waals surface area contributed by atoms with E-state index in [-0.39, 0.29) is 0 Å². The van der Waals surface area contributed by atoms with Gasteiger partial charge in [0.25, 0.3) is 0 Å². The van der Waals surface area contributed by atoms with E-state index in [1.54, 1.807) is 11.3 Å². The average molecular weight is 1270 g/mol. The van der Waals surface area contributed by atoms with Crippen molar-refractivity contribution in [3.63, 3.8) is 0 Å². The molecular weight excluding hydrogens is 1220 g/mol. The topological polar surface area (TPSA) is 32.3 Å². The predicted octanol–water partition coefficient (Wildman–Crippen LogP) is 26.4. The first-order valence-corrected chi connectivity index (χ1v) is 34.8. The summed E-state index contributed by atoms with van der Waals surface area (Å²) in [5, 5.41) is 11.1. The van der Waals surface area contributed by atoms with Crippen LogP contribution in [0.2, 0.25) is 0 Å². The molecule has 13 aromatic carbocycles. The van der Waals surface area contributed by atoms with E-state index in [4.69, 9.17) is 9.97 Å². The van der Waals surface area contributed by atoms with Gasteiger partial charge in [-0.05, 0) is 164 Å². The van der Waals surface area contributed by atoms with E-state index in [0.717, 1.165) is 61.2 Å². The number of nitrogens with zero attached hydrogens (tertiary/aromatic N) is 4. The van der Waals surface area contributed by atoms with Gasteiger partial charge in [0.2, 0.25) is 0 Å². The lowest BCUT2D eigenvalue weighted by Gasteiger charge is -2.27. The van der Waals surface area contributed by atoms with Crippen LogP contribution in [0.15, 0.2) is 316 Å². The number of rotatable bonds is 11. The second-order valence-electron chi connectivity index (χ2n) is 24.0. The van der Waals surface area contributed by atoms with E-state index in [1.165, 1.54) is 120 Å². The third kappa shape index (κ3) is 9.13. The summed E-state index contributed by atoms with van der Waals surface area (Å²) in [5.74, 6) is 0. The summed E-state index contributed by atoms with van der Waals surface area (Å²) >= 11 is 7.28. The first-order valence-electron chi connectivity index (χ1n) is 31.6. The summed E-state index contributed by atoms with van der Waals surface area (Å²) < 4.78 is 8.77. The van der Waals surface area contributed by atoms with Crippen molar-refractivity contribution in [2.45, 2.75) is 0 Å². The molecule has 0 saturated carbocycles. The largest absolute Gasteiger partial charge is 0.310 e. The van der Waals surface area contributed by atoms with Gasteiger partial charge in [-0.25, -0.2) is 4.98 Å². The highest BCUT2D eigenvalue weighted by Crippen LogP contribution is 2.50. The molecular formula is C86H52N4S4. The number of hydrogen-bond acceptors (Lipinski definition) is 8. The second-order valence-corrected chi connectivity index (χ2v) is 28.2. The van der Waals surface area contributed by atoms with Gasteiger partial charge in [-0.2, -0.15) is 0 Å². The average Bonchev–Trinajstić information content (AvgIpc) is 1.47. The van der Waals surface area contributed by atoms with Crippen molar-refractivity contribution in [3.05, 3.63) is 316 Å². The number of anilines is 6. The van der Waals surface area contributed by atoms with Crippen molar-refractivity contribution in [2.75, 3.05) is 9.80 Å². The number of hydrogen-bond donors (Lipinski definition) is 0. The Morgan fingerprint density at radius 3 is 1.40 bits per heavy atom. The Balaban J connectivity index is 0.678. The van der Waals surface area contributed by atoms with Gasteiger partial charge >= 0.3 is 0 Å². The van der Waals surface area contributed by atoms with Crippen LogP contribution in [-0.4, -0.2) is 9.97 Å². The molecule has 0 aliphatic rings. The molecule has 6 aromatic heterocycles. The van der Waals surface area contributed by atoms with Gasteiger partial charge in [0, 0.05) is 107 Å². The molecule has 6 heterocycles. The molecule has 0 spiro atoms. The molecule has 8 heteroatoms. The van der Waals surface area contributed by atoms with Crippen LogP contribution in [0.5, 0.6) is 0 Å². The molecule has 19 aromatic rings. The lowest BCUT2D eigenvalue weighted by atomic mass is 9.91. The maximum Gasteiger partial charge on any atom is 0.124 e. The fourth-order valence-corrected chi connectivity index (χ4v) is 18.7. The van der Waals surface area contributed by atoms with E-state index in [0.29, 0.717) is 0 Å². The van der Waals surface area contributed by atoms with E-state index in [9.17, 15) is 0 Å². The minimum Gasteiger partial charge on any atom is -0.310 e. The minimum absolute atomic E-state index is 1.06. The summed E-state index contributed by atoms with van der Waals surface area (Å²) in [5.41, 5.74) is 19.5. The van der Waals surface area contributed by atoms with Crippen molar-refractivity contribution < 1.29 is 0 Å². The van der Waals surface area contributed by atoms with E-state index >= 15 is 0 Å². The molecule has 4 nitrogen and oxygen atoms in total. The van der Waals surface area contributed by atoms with Crippen LogP contribution in [0.3, 0.4) is 0 Å². The molecule has 0 atom stereocenters. The van der Waals surface area contributed by atoms with E-state index < -0.39 is 0 Å². The molecule has 19 rings (SSSR count). The number of benzene rings is 13. The van der Waals surface area contributed by atoms with Gasteiger partial charge in [0.15, 0.2) is 0 Å². The summed E-state index contributed by atoms with van der Waals surface area (Å²) in [4.78, 5) is 15.7. The maximum atomic E-state index is 4.95. The molecule has 0 saturated heterocycles. The van der Waals surface area contributed by atoms with Crippen LogP contribution in [0.1, 0.15) is 0 Å². The Labute approximate surface area is 558 Å². The Hall–Kier alpha value is -11.1. The Morgan fingerprint density at radius 2 is 0.713 bits per heavy atom. The molecule has 0 fully saturated rings. The van der Waals surface area contributed by atoms with Crippen LogP contribution in [0.25, 0.3) is 147 Å². The lowest BCUT2D eigenvalue weighted by molar-refractivity contribution is 1.30. The van der Waals surface area contributed by atoms with Crippen LogP contribution < -0.4 is 9.80 Å². The first kappa shape index (κ1) is 54.6. The molecule has 0 bridgehead atoms. The zero-order chi connectivity index (χ0) is 61.8. The quantitative estimate of drug-likeness (QED) is 0.129. The van der Waals surface area contributed by atoms with Crippen molar-refractivity contribution >= 4 is 171 Å². The third-order valence-electron chi connectivity index (χ3n) is 18.6. The Morgan fingerprint density at radius 1 is 0.245 bits per heavy atom. The highest BCUT2D eigenvalue weighted by molar-refractivity contribution is 7.27. The van der Waals surface area contributed by atoms with Crippen LogP contribution in [0.4, 0.5) is 34.1 Å². The van der Waals surface area contributed by atoms with E-state index in [2.05, 4.69) is 313 Å². The zero-order valence-corrected chi connectivity index (χ0v) is 53.7. The summed E-state index contributed by atoms with van der Waals surface area (Å²) in [6.07, 6.45) is 3.97. The highest BCUT2D eigenvalue weighted by Gasteiger charge is 2.23. The fraction of sp³-hybridized carbons (Fsp3) is 0. The number of thiophene rings is 4. The smallest absolute Gasteiger partial charge is 0.124 e. The minimum atomic E-state index is 1.06. The summed E-state index contributed by atoms with van der Waals surface area (Å²) in [7, 11) is 0. The Bertz CT molecular complexity index is 6160. The Kier molecular flexibility index (Phi) is 13.0. The normalized spacial score (nSPS) is 11.8. The third-order valence-corrected chi connectivity index (χ3v) is 23.3. The molecule has 0 N–H and O–H groups in total. The number of aromatic nitrogens is 2. The molecule has 94 heavy (non-hydrogen) atoms. The highest BCUT2D eigenvalue weighted by atomic mass is 32.1. The van der Waals surface area contributed by atoms with Gasteiger partial charge in [0.05, 0.1) is 26.3 Å². The molecule has 0 aliphatic carbocycles. The molecule has 0 amide bonds. The number of pyridine rings is 2. The standard InChI is InChI=1S/C86H52N4S4/c1-2-14-53(15-3-1)54-28-37-62(38-29-54)90(63-43-34-57(35-44-63)66-48-49-87-83-72-20-8-11-26-79(72)93-85(66)83)76-23-12-21-70-73-50-58(36-47-80(73)92-84(70)76)65-46-45-64(67-16-4-5-17-68(65)67)56-32-41-61(42-33-56)89(75-22-13-27-81-82(75)71-19-7-10-25-78(71)91-81)60-39-30-55(31-40-60)59-51-74-69-18-6-9-24-77(69)94-86(74)88-52-59/h1-52H. The van der Waals surface area contributed by atoms with Crippen molar-refractivity contribution in [2.24, 2.45) is 0 Å². The molecule has 0 unspecified atom stereocenters. The fourth-order valence-electron chi connectivity index (χ4n) is 14.1. The molecule has 0 aliphatic heterocycles. The molecule has 440 valence electrons.